The third-order valence-corrected chi connectivity index (χ3v) is 6.22. The second-order valence-electron chi connectivity index (χ2n) is 5.35. The molecule has 118 valence electrons. The van der Waals surface area contributed by atoms with Crippen molar-refractivity contribution in [2.45, 2.75) is 42.5 Å². The van der Waals surface area contributed by atoms with Gasteiger partial charge in [0.1, 0.15) is 9.77 Å². The summed E-state index contributed by atoms with van der Waals surface area (Å²) < 4.78 is 31.8. The van der Waals surface area contributed by atoms with E-state index >= 15 is 0 Å². The first-order valence-corrected chi connectivity index (χ1v) is 9.19. The lowest BCUT2D eigenvalue weighted by atomic mass is 9.83. The van der Waals surface area contributed by atoms with E-state index in [1.807, 2.05) is 0 Å². The summed E-state index contributed by atoms with van der Waals surface area (Å²) in [5.41, 5.74) is 5.73. The summed E-state index contributed by atoms with van der Waals surface area (Å²) >= 11 is 1.04. The zero-order valence-electron chi connectivity index (χ0n) is 11.9. The fraction of sp³-hybridized carbons (Fsp3) is 0.615. The number of sulfonamides is 1. The highest BCUT2D eigenvalue weighted by Crippen LogP contribution is 2.27. The summed E-state index contributed by atoms with van der Waals surface area (Å²) in [6, 6.07) is 1.41. The van der Waals surface area contributed by atoms with Crippen molar-refractivity contribution in [3.05, 3.63) is 16.3 Å². The summed E-state index contributed by atoms with van der Waals surface area (Å²) in [7, 11) is -2.54. The first-order valence-electron chi connectivity index (χ1n) is 6.82. The molecule has 0 amide bonds. The molecule has 0 aromatic carbocycles. The third-order valence-electron chi connectivity index (χ3n) is 3.75. The summed E-state index contributed by atoms with van der Waals surface area (Å²) in [5, 5.41) is 1.56. The monoisotopic (exact) mass is 332 g/mol. The van der Waals surface area contributed by atoms with Crippen LogP contribution in [0.1, 0.15) is 41.8 Å². The number of carbonyl (C=O) groups is 1. The van der Waals surface area contributed by atoms with E-state index in [-0.39, 0.29) is 16.3 Å². The number of ether oxygens (including phenoxy) is 1. The number of nitrogens with two attached hydrogens (primary N) is 1. The third kappa shape index (κ3) is 3.82. The van der Waals surface area contributed by atoms with Crippen LogP contribution < -0.4 is 10.5 Å². The van der Waals surface area contributed by atoms with Gasteiger partial charge in [-0.2, -0.15) is 0 Å². The zero-order valence-corrected chi connectivity index (χ0v) is 13.6. The molecule has 0 unspecified atom stereocenters. The molecule has 0 saturated heterocycles. The van der Waals surface area contributed by atoms with Crippen LogP contribution in [0.25, 0.3) is 0 Å². The molecule has 1 aromatic rings. The van der Waals surface area contributed by atoms with E-state index in [1.165, 1.54) is 13.2 Å². The first-order chi connectivity index (χ1) is 9.88. The second-order valence-corrected chi connectivity index (χ2v) is 8.00. The van der Waals surface area contributed by atoms with E-state index in [4.69, 9.17) is 5.73 Å². The van der Waals surface area contributed by atoms with Crippen molar-refractivity contribution < 1.29 is 17.9 Å². The van der Waals surface area contributed by atoms with Gasteiger partial charge in [0.25, 0.3) is 0 Å². The van der Waals surface area contributed by atoms with Gasteiger partial charge in [0.2, 0.25) is 10.0 Å². The minimum atomic E-state index is -3.76. The first kappa shape index (κ1) is 16.4. The number of thiophene rings is 1. The van der Waals surface area contributed by atoms with Gasteiger partial charge in [-0.05, 0) is 24.3 Å². The van der Waals surface area contributed by atoms with Crippen molar-refractivity contribution in [1.29, 1.82) is 0 Å². The lowest BCUT2D eigenvalue weighted by molar-refractivity contribution is 0.0602. The topological polar surface area (TPSA) is 98.5 Å². The molecule has 0 atom stereocenters. The zero-order chi connectivity index (χ0) is 15.5. The van der Waals surface area contributed by atoms with Crippen LogP contribution in [0.2, 0.25) is 0 Å². The molecule has 1 fully saturated rings. The SMILES string of the molecule is COC(=O)c1sccc1S(=O)(=O)NCC1(N)CCCCC1. The van der Waals surface area contributed by atoms with Crippen LogP contribution in [0, 0.1) is 0 Å². The number of rotatable bonds is 5. The molecule has 0 bridgehead atoms. The Morgan fingerprint density at radius 3 is 2.71 bits per heavy atom. The van der Waals surface area contributed by atoms with Crippen LogP contribution in [-0.2, 0) is 14.8 Å². The Balaban J connectivity index is 2.12. The summed E-state index contributed by atoms with van der Waals surface area (Å²) in [6.07, 6.45) is 4.79. The Bertz CT molecular complexity index is 603. The van der Waals surface area contributed by atoms with Gasteiger partial charge in [0, 0.05) is 12.1 Å². The van der Waals surface area contributed by atoms with Crippen LogP contribution >= 0.6 is 11.3 Å². The predicted molar refractivity (Wildman–Crippen MR) is 80.9 cm³/mol. The minimum Gasteiger partial charge on any atom is -0.465 e. The molecule has 0 aliphatic heterocycles. The highest BCUT2D eigenvalue weighted by Gasteiger charge is 2.31. The van der Waals surface area contributed by atoms with Gasteiger partial charge in [-0.3, -0.25) is 0 Å². The van der Waals surface area contributed by atoms with E-state index in [2.05, 4.69) is 9.46 Å². The van der Waals surface area contributed by atoms with Gasteiger partial charge >= 0.3 is 5.97 Å². The molecule has 1 aliphatic rings. The molecule has 0 spiro atoms. The molecule has 21 heavy (non-hydrogen) atoms. The number of esters is 1. The largest absolute Gasteiger partial charge is 0.465 e. The van der Waals surface area contributed by atoms with Gasteiger partial charge < -0.3 is 10.5 Å². The van der Waals surface area contributed by atoms with Crippen LogP contribution in [0.4, 0.5) is 0 Å². The van der Waals surface area contributed by atoms with Crippen LogP contribution in [-0.4, -0.2) is 33.6 Å². The smallest absolute Gasteiger partial charge is 0.349 e. The van der Waals surface area contributed by atoms with Crippen LogP contribution in [0.15, 0.2) is 16.3 Å². The molecule has 1 aliphatic carbocycles. The standard InChI is InChI=1S/C13H20N2O4S2/c1-19-12(16)11-10(5-8-20-11)21(17,18)15-9-13(14)6-3-2-4-7-13/h5,8,15H,2-4,6-7,9,14H2,1H3. The van der Waals surface area contributed by atoms with Crippen molar-refractivity contribution >= 4 is 27.3 Å². The van der Waals surface area contributed by atoms with Gasteiger partial charge in [-0.1, -0.05) is 19.3 Å². The molecule has 3 N–H and O–H groups in total. The molecule has 2 rings (SSSR count). The van der Waals surface area contributed by atoms with Crippen molar-refractivity contribution in [3.8, 4) is 0 Å². The van der Waals surface area contributed by atoms with E-state index in [9.17, 15) is 13.2 Å². The van der Waals surface area contributed by atoms with E-state index in [0.717, 1.165) is 43.4 Å². The molecule has 1 aromatic heterocycles. The molecule has 8 heteroatoms. The maximum atomic E-state index is 12.4. The highest BCUT2D eigenvalue weighted by atomic mass is 32.2. The Kier molecular flexibility index (Phi) is 5.03. The Hall–Kier alpha value is -0.960. The molecule has 1 heterocycles. The quantitative estimate of drug-likeness (QED) is 0.796. The maximum Gasteiger partial charge on any atom is 0.349 e. The Morgan fingerprint density at radius 1 is 1.43 bits per heavy atom. The summed E-state index contributed by atoms with van der Waals surface area (Å²) in [6.45, 7) is 0.186. The van der Waals surface area contributed by atoms with E-state index < -0.39 is 21.5 Å². The lowest BCUT2D eigenvalue weighted by Crippen LogP contribution is -2.51. The molecule has 6 nitrogen and oxygen atoms in total. The van der Waals surface area contributed by atoms with Crippen molar-refractivity contribution in [2.75, 3.05) is 13.7 Å². The average molecular weight is 332 g/mol. The number of methoxy groups -OCH3 is 1. The molecule has 0 radical (unpaired) electrons. The van der Waals surface area contributed by atoms with Gasteiger partial charge in [0.05, 0.1) is 7.11 Å². The normalized spacial score (nSPS) is 18.4. The van der Waals surface area contributed by atoms with E-state index in [1.54, 1.807) is 5.38 Å². The fourth-order valence-corrected chi connectivity index (χ4v) is 4.97. The van der Waals surface area contributed by atoms with Gasteiger partial charge in [-0.15, -0.1) is 11.3 Å². The van der Waals surface area contributed by atoms with Crippen LogP contribution in [0.3, 0.4) is 0 Å². The molecular formula is C13H20N2O4S2. The minimum absolute atomic E-state index is 0.0428. The number of hydrogen-bond donors (Lipinski definition) is 2. The second kappa shape index (κ2) is 6.43. The number of hydrogen-bond acceptors (Lipinski definition) is 6. The lowest BCUT2D eigenvalue weighted by Gasteiger charge is -2.33. The number of carbonyl (C=O) groups excluding carboxylic acids is 1. The summed E-state index contributed by atoms with van der Waals surface area (Å²) in [4.78, 5) is 11.6. The predicted octanol–water partition coefficient (Wildman–Crippen LogP) is 1.47. The van der Waals surface area contributed by atoms with E-state index in [0.29, 0.717) is 0 Å². The van der Waals surface area contributed by atoms with Gasteiger partial charge in [0.15, 0.2) is 0 Å². The van der Waals surface area contributed by atoms with Gasteiger partial charge in [-0.25, -0.2) is 17.9 Å². The Morgan fingerprint density at radius 2 is 2.10 bits per heavy atom. The van der Waals surface area contributed by atoms with Crippen molar-refractivity contribution in [2.24, 2.45) is 5.73 Å². The average Bonchev–Trinajstić information content (AvgIpc) is 2.96. The molecule has 1 saturated carbocycles. The maximum absolute atomic E-state index is 12.4. The Labute approximate surface area is 128 Å². The fourth-order valence-electron chi connectivity index (χ4n) is 2.50. The van der Waals surface area contributed by atoms with Crippen molar-refractivity contribution in [3.63, 3.8) is 0 Å². The van der Waals surface area contributed by atoms with Crippen LogP contribution in [0.5, 0.6) is 0 Å². The molecular weight excluding hydrogens is 312 g/mol. The van der Waals surface area contributed by atoms with Crippen molar-refractivity contribution in [1.82, 2.24) is 4.72 Å². The highest BCUT2D eigenvalue weighted by molar-refractivity contribution is 7.89. The number of nitrogens with one attached hydrogen (secondary N) is 1. The summed E-state index contributed by atoms with van der Waals surface area (Å²) in [5.74, 6) is -0.648.